The molecular formula is C66H76O11. The van der Waals surface area contributed by atoms with Gasteiger partial charge in [0, 0.05) is 65.7 Å². The van der Waals surface area contributed by atoms with E-state index >= 15 is 9.59 Å². The van der Waals surface area contributed by atoms with Crippen LogP contribution >= 0.6 is 0 Å². The fourth-order valence-electron chi connectivity index (χ4n) is 15.3. The van der Waals surface area contributed by atoms with E-state index in [0.717, 1.165) is 62.5 Å². The van der Waals surface area contributed by atoms with Gasteiger partial charge in [-0.25, -0.2) is 9.59 Å². The third-order valence-electron chi connectivity index (χ3n) is 19.1. The molecule has 1 spiro atoms. The van der Waals surface area contributed by atoms with Crippen LogP contribution < -0.4 is 10.4 Å². The van der Waals surface area contributed by atoms with Crippen molar-refractivity contribution in [3.8, 4) is 5.75 Å². The van der Waals surface area contributed by atoms with Gasteiger partial charge in [-0.1, -0.05) is 130 Å². The molecule has 7 aliphatic rings. The monoisotopic (exact) mass is 1040 g/mol. The van der Waals surface area contributed by atoms with E-state index in [0.29, 0.717) is 53.5 Å². The Bertz CT molecular complexity index is 3050. The van der Waals surface area contributed by atoms with E-state index in [-0.39, 0.29) is 84.4 Å². The third-order valence-corrected chi connectivity index (χ3v) is 19.1. The average Bonchev–Trinajstić information content (AvgIpc) is 3.62. The summed E-state index contributed by atoms with van der Waals surface area (Å²) in [5, 5.41) is 32.3. The number of carbonyl (C=O) groups excluding carboxylic acids is 2. The fraction of sp³-hybridized carbons (Fsp3) is 0.500. The second kappa shape index (κ2) is 22.9. The van der Waals surface area contributed by atoms with Gasteiger partial charge in [-0.15, -0.1) is 0 Å². The van der Waals surface area contributed by atoms with Crippen molar-refractivity contribution in [3.05, 3.63) is 169 Å². The molecular weight excluding hydrogens is 969 g/mol. The van der Waals surface area contributed by atoms with Crippen molar-refractivity contribution in [2.75, 3.05) is 26.9 Å². The highest BCUT2D eigenvalue weighted by atomic mass is 16.6. The minimum absolute atomic E-state index is 0.0218. The number of methoxy groups -OCH3 is 1. The highest BCUT2D eigenvalue weighted by Crippen LogP contribution is 2.58. The molecule has 2 bridgehead atoms. The number of aryl methyl sites for hydroxylation is 1. The first kappa shape index (κ1) is 53.2. The van der Waals surface area contributed by atoms with Gasteiger partial charge in [-0.2, -0.15) is 0 Å². The zero-order valence-electron chi connectivity index (χ0n) is 44.9. The molecule has 12 rings (SSSR count). The molecule has 11 heteroatoms. The van der Waals surface area contributed by atoms with E-state index in [9.17, 15) is 20.1 Å². The summed E-state index contributed by atoms with van der Waals surface area (Å²) in [7, 11) is 1.52. The molecule has 3 aliphatic heterocycles. The van der Waals surface area contributed by atoms with Crippen molar-refractivity contribution in [1.29, 1.82) is 0 Å². The first-order chi connectivity index (χ1) is 37.6. The first-order valence-corrected chi connectivity index (χ1v) is 28.7. The number of hydrogen-bond acceptors (Lipinski definition) is 11. The van der Waals surface area contributed by atoms with Crippen LogP contribution in [0.4, 0.5) is 0 Å². The van der Waals surface area contributed by atoms with Crippen LogP contribution in [0.15, 0.2) is 124 Å². The summed E-state index contributed by atoms with van der Waals surface area (Å²) in [5.74, 6) is -1.36. The van der Waals surface area contributed by atoms with Crippen LogP contribution in [0, 0.1) is 17.8 Å². The van der Waals surface area contributed by atoms with E-state index < -0.39 is 47.9 Å². The number of ether oxygens (including phenoxy) is 4. The van der Waals surface area contributed by atoms with Gasteiger partial charge in [-0.3, -0.25) is 4.79 Å². The number of hydrogen-bond donors (Lipinski definition) is 3. The van der Waals surface area contributed by atoms with Crippen LogP contribution in [0.5, 0.6) is 5.75 Å². The molecule has 4 heterocycles. The average molecular weight is 1050 g/mol. The lowest BCUT2D eigenvalue weighted by atomic mass is 9.59. The molecule has 11 nitrogen and oxygen atoms in total. The van der Waals surface area contributed by atoms with Crippen LogP contribution in [0.2, 0.25) is 0 Å². The Balaban J connectivity index is 1.05. The number of rotatable bonds is 10. The number of fused-ring (bicyclic) bond motifs is 13. The predicted octanol–water partition coefficient (Wildman–Crippen LogP) is 12.1. The maximum atomic E-state index is 15.6. The van der Waals surface area contributed by atoms with Crippen molar-refractivity contribution in [2.45, 2.75) is 164 Å². The van der Waals surface area contributed by atoms with Gasteiger partial charge in [0.2, 0.25) is 0 Å². The Kier molecular flexibility index (Phi) is 15.8. The largest absolute Gasteiger partial charge is 0.482 e. The maximum Gasteiger partial charge on any atom is 0.340 e. The van der Waals surface area contributed by atoms with Gasteiger partial charge in [0.1, 0.15) is 11.3 Å². The first-order valence-electron chi connectivity index (χ1n) is 28.7. The normalized spacial score (nSPS) is 28.3. The summed E-state index contributed by atoms with van der Waals surface area (Å²) in [6.07, 6.45) is 15.9. The molecule has 406 valence electrons. The number of allylic oxidation sites excluding steroid dienone is 2. The molecule has 0 amide bonds. The second-order valence-corrected chi connectivity index (χ2v) is 23.3. The minimum Gasteiger partial charge on any atom is -0.482 e. The van der Waals surface area contributed by atoms with E-state index in [4.69, 9.17) is 23.4 Å². The lowest BCUT2D eigenvalue weighted by Gasteiger charge is -2.56. The molecule has 0 saturated heterocycles. The smallest absolute Gasteiger partial charge is 0.340 e. The van der Waals surface area contributed by atoms with Crippen molar-refractivity contribution < 1.29 is 48.3 Å². The SMILES string of the molecule is COCC(CCO)c1c(CO)c2ccc3c(c2oc1=O)C1OC(=O)CC2CC(c4cccc(C5(c6ccccc6)CCCCC5)c4)C=CC2c2ccc(cc2)CCC(=C(C)CO)C(=O)OC1C1(CCCC2CCCCC21)O3. The van der Waals surface area contributed by atoms with Crippen molar-refractivity contribution in [1.82, 2.24) is 0 Å². The van der Waals surface area contributed by atoms with Crippen molar-refractivity contribution in [2.24, 2.45) is 17.8 Å². The van der Waals surface area contributed by atoms with Crippen LogP contribution in [-0.2, 0) is 42.2 Å². The zero-order chi connectivity index (χ0) is 53.3. The molecule has 0 radical (unpaired) electrons. The number of esters is 2. The zero-order valence-corrected chi connectivity index (χ0v) is 44.9. The molecule has 3 fully saturated rings. The molecule has 5 aromatic rings. The lowest BCUT2D eigenvalue weighted by Crippen LogP contribution is -2.63. The summed E-state index contributed by atoms with van der Waals surface area (Å²) in [6, 6.07) is 32.2. The Hall–Kier alpha value is -5.85. The highest BCUT2D eigenvalue weighted by molar-refractivity contribution is 5.90. The number of aliphatic hydroxyl groups is 3. The maximum absolute atomic E-state index is 15.6. The van der Waals surface area contributed by atoms with Crippen LogP contribution in [0.3, 0.4) is 0 Å². The Morgan fingerprint density at radius 1 is 0.766 bits per heavy atom. The number of carbonyl (C=O) groups is 2. The molecule has 9 atom stereocenters. The van der Waals surface area contributed by atoms with Crippen LogP contribution in [0.25, 0.3) is 11.0 Å². The molecule has 9 unspecified atom stereocenters. The van der Waals surface area contributed by atoms with Crippen LogP contribution in [0.1, 0.15) is 178 Å². The van der Waals surface area contributed by atoms with Gasteiger partial charge in [0.05, 0.1) is 25.4 Å². The van der Waals surface area contributed by atoms with E-state index in [1.807, 2.05) is 6.07 Å². The molecule has 3 N–H and O–H groups in total. The van der Waals surface area contributed by atoms with Gasteiger partial charge >= 0.3 is 17.6 Å². The summed E-state index contributed by atoms with van der Waals surface area (Å²) < 4.78 is 33.4. The molecule has 77 heavy (non-hydrogen) atoms. The number of benzene rings is 4. The minimum atomic E-state index is -1.29. The van der Waals surface area contributed by atoms with Gasteiger partial charge in [0.25, 0.3) is 0 Å². The van der Waals surface area contributed by atoms with E-state index in [1.54, 1.807) is 13.0 Å². The summed E-state index contributed by atoms with van der Waals surface area (Å²) in [6.45, 7) is 0.754. The summed E-state index contributed by atoms with van der Waals surface area (Å²) in [4.78, 5) is 45.3. The Morgan fingerprint density at radius 2 is 1.55 bits per heavy atom. The summed E-state index contributed by atoms with van der Waals surface area (Å²) in [5.41, 5.74) is 5.82. The van der Waals surface area contributed by atoms with Gasteiger partial charge < -0.3 is 38.7 Å². The van der Waals surface area contributed by atoms with E-state index in [1.165, 1.54) is 43.1 Å². The van der Waals surface area contributed by atoms with Crippen LogP contribution in [-0.4, -0.2) is 65.9 Å². The topological polar surface area (TPSA) is 162 Å². The van der Waals surface area contributed by atoms with E-state index in [2.05, 4.69) is 91.0 Å². The molecule has 1 aromatic heterocycles. The molecule has 4 aliphatic carbocycles. The Morgan fingerprint density at radius 3 is 2.31 bits per heavy atom. The fourth-order valence-corrected chi connectivity index (χ4v) is 15.3. The Labute approximate surface area is 452 Å². The third kappa shape index (κ3) is 10.0. The van der Waals surface area contributed by atoms with Gasteiger partial charge in [0.15, 0.2) is 17.8 Å². The standard InChI is InChI=1S/C66H76O11/c1-41(38-68)51-26-22-42-20-23-43(24-21-42)52-27-25-46(45-14-11-18-50(36-45)65(31-9-4-10-32-65)49-16-5-3-6-17-49)35-48(52)37-57(70)74-61-59-56(77-66(62(61)76-63(51)71)33-12-15-44-13-7-8-19-55(44)66)29-28-53-54(39-69)58(64(72)75-60(53)59)47(30-34-67)40-73-2/h3,5-6,11,14,16-18,20-21,23-25,27-29,36,44,46-48,52,55,61-62,67-69H,4,7-10,12-13,15,19,22,26,30-35,37-40H2,1-2H3. The second-order valence-electron chi connectivity index (χ2n) is 23.3. The van der Waals surface area contributed by atoms with Crippen molar-refractivity contribution >= 4 is 22.9 Å². The predicted molar refractivity (Wildman–Crippen MR) is 295 cm³/mol. The van der Waals surface area contributed by atoms with Crippen molar-refractivity contribution in [3.63, 3.8) is 0 Å². The van der Waals surface area contributed by atoms with Gasteiger partial charge in [-0.05, 0) is 134 Å². The highest BCUT2D eigenvalue weighted by Gasteiger charge is 2.62. The molecule has 3 saturated carbocycles. The lowest BCUT2D eigenvalue weighted by molar-refractivity contribution is -0.216. The quantitative estimate of drug-likeness (QED) is 0.0528. The summed E-state index contributed by atoms with van der Waals surface area (Å²) >= 11 is 0. The number of aliphatic hydroxyl groups excluding tert-OH is 3. The molecule has 4 aromatic carbocycles.